The summed E-state index contributed by atoms with van der Waals surface area (Å²) in [5.74, 6) is 0. The van der Waals surface area contributed by atoms with E-state index in [-0.39, 0.29) is 37.9 Å². The topological polar surface area (TPSA) is 15.3 Å². The molecule has 10 heteroatoms. The Kier molecular flexibility index (Phi) is 9.44. The molecule has 0 saturated carbocycles. The van der Waals surface area contributed by atoms with Gasteiger partial charge in [0, 0.05) is 32.6 Å². The van der Waals surface area contributed by atoms with Crippen LogP contribution in [0.25, 0.3) is 0 Å². The number of hydrogen-bond acceptors (Lipinski definition) is 2. The van der Waals surface area contributed by atoms with Gasteiger partial charge in [0.2, 0.25) is 0 Å². The Morgan fingerprint density at radius 1 is 0.947 bits per heavy atom. The first kappa shape index (κ1) is 21.4. The van der Waals surface area contributed by atoms with E-state index in [1.54, 1.807) is 0 Å². The fourth-order valence-corrected chi connectivity index (χ4v) is 1.85. The molecule has 1 aliphatic heterocycles. The van der Waals surface area contributed by atoms with Crippen molar-refractivity contribution in [3.05, 3.63) is 0 Å². The molecule has 1 fully saturated rings. The fraction of sp³-hybridized carbons (Fsp3) is 1.00. The summed E-state index contributed by atoms with van der Waals surface area (Å²) >= 11 is 0. The number of piperazine rings is 1. The Balaban J connectivity index is 0. The first-order chi connectivity index (χ1) is 7.70. The van der Waals surface area contributed by atoms with Gasteiger partial charge in [0.05, 0.1) is 0 Å². The summed E-state index contributed by atoms with van der Waals surface area (Å²) in [6.45, 7) is 1.00. The Morgan fingerprint density at radius 3 is 1.79 bits per heavy atom. The zero-order chi connectivity index (χ0) is 13.1. The summed E-state index contributed by atoms with van der Waals surface area (Å²) in [5.41, 5.74) is 0. The minimum atomic E-state index is -4.61. The summed E-state index contributed by atoms with van der Waals surface area (Å²) in [6, 6.07) is -1.99. The minimum absolute atomic E-state index is 0. The standard InChI is InChI=1S/C9H14F6N2.2ClH/c10-8(11,12)2-1-7(9(13,14)15)17-5-3-16-4-6-17;;/h7,16H,1-6H2;2*1H/t7-;;/m0../s1. The SMILES string of the molecule is Cl.Cl.FC(F)(F)CC[C@H](N1CCNCC1)C(F)(F)F. The average Bonchev–Trinajstić information content (AvgIpc) is 2.15. The van der Waals surface area contributed by atoms with Gasteiger partial charge in [0.25, 0.3) is 0 Å². The maximum absolute atomic E-state index is 12.7. The second-order valence-electron chi connectivity index (χ2n) is 4.00. The van der Waals surface area contributed by atoms with Gasteiger partial charge in [-0.05, 0) is 6.42 Å². The van der Waals surface area contributed by atoms with Crippen LogP contribution in [0.4, 0.5) is 26.3 Å². The highest BCUT2D eigenvalue weighted by atomic mass is 35.5. The van der Waals surface area contributed by atoms with E-state index in [1.165, 1.54) is 0 Å². The van der Waals surface area contributed by atoms with Crippen molar-refractivity contribution in [3.63, 3.8) is 0 Å². The molecule has 1 heterocycles. The molecule has 0 amide bonds. The van der Waals surface area contributed by atoms with Crippen molar-refractivity contribution in [2.75, 3.05) is 26.2 Å². The van der Waals surface area contributed by atoms with E-state index in [1.807, 2.05) is 0 Å². The zero-order valence-corrected chi connectivity index (χ0v) is 11.5. The van der Waals surface area contributed by atoms with Crippen molar-refractivity contribution < 1.29 is 26.3 Å². The smallest absolute Gasteiger partial charge is 0.314 e. The summed E-state index contributed by atoms with van der Waals surface area (Å²) in [6.07, 6.45) is -11.5. The third-order valence-electron chi connectivity index (χ3n) is 2.67. The molecular weight excluding hydrogens is 321 g/mol. The van der Waals surface area contributed by atoms with Crippen LogP contribution in [0.1, 0.15) is 12.8 Å². The highest BCUT2D eigenvalue weighted by Gasteiger charge is 2.45. The highest BCUT2D eigenvalue weighted by molar-refractivity contribution is 5.85. The van der Waals surface area contributed by atoms with Gasteiger partial charge in [0.1, 0.15) is 6.04 Å². The molecular formula is C9H16Cl2F6N2. The molecule has 0 bridgehead atoms. The van der Waals surface area contributed by atoms with Gasteiger partial charge in [-0.3, -0.25) is 4.90 Å². The molecule has 0 aromatic rings. The largest absolute Gasteiger partial charge is 0.404 e. The molecule has 1 N–H and O–H groups in total. The van der Waals surface area contributed by atoms with Gasteiger partial charge in [-0.2, -0.15) is 26.3 Å². The Labute approximate surface area is 119 Å². The van der Waals surface area contributed by atoms with Crippen molar-refractivity contribution in [1.29, 1.82) is 0 Å². The predicted molar refractivity (Wildman–Crippen MR) is 64.1 cm³/mol. The van der Waals surface area contributed by atoms with E-state index >= 15 is 0 Å². The monoisotopic (exact) mass is 336 g/mol. The lowest BCUT2D eigenvalue weighted by Crippen LogP contribution is -2.53. The van der Waals surface area contributed by atoms with Gasteiger partial charge >= 0.3 is 12.4 Å². The Bertz CT molecular complexity index is 240. The molecule has 0 spiro atoms. The summed E-state index contributed by atoms with van der Waals surface area (Å²) < 4.78 is 73.9. The summed E-state index contributed by atoms with van der Waals surface area (Å²) in [4.78, 5) is 1.07. The van der Waals surface area contributed by atoms with Crippen molar-refractivity contribution in [2.45, 2.75) is 31.2 Å². The maximum Gasteiger partial charge on any atom is 0.404 e. The first-order valence-electron chi connectivity index (χ1n) is 5.28. The van der Waals surface area contributed by atoms with Crippen LogP contribution in [0.2, 0.25) is 0 Å². The van der Waals surface area contributed by atoms with Crippen LogP contribution in [0.15, 0.2) is 0 Å². The van der Waals surface area contributed by atoms with Crippen LogP contribution in [0, 0.1) is 0 Å². The van der Waals surface area contributed by atoms with Crippen LogP contribution in [0.5, 0.6) is 0 Å². The molecule has 1 atom stereocenters. The van der Waals surface area contributed by atoms with E-state index in [9.17, 15) is 26.3 Å². The molecule has 0 aromatic heterocycles. The van der Waals surface area contributed by atoms with E-state index in [0.717, 1.165) is 4.90 Å². The van der Waals surface area contributed by atoms with E-state index in [4.69, 9.17) is 0 Å². The van der Waals surface area contributed by atoms with Gasteiger partial charge in [-0.25, -0.2) is 0 Å². The van der Waals surface area contributed by atoms with E-state index in [0.29, 0.717) is 13.1 Å². The molecule has 0 radical (unpaired) electrons. The lowest BCUT2D eigenvalue weighted by Gasteiger charge is -2.36. The molecule has 0 aromatic carbocycles. The normalized spacial score (nSPS) is 19.3. The molecule has 1 aliphatic rings. The second-order valence-corrected chi connectivity index (χ2v) is 4.00. The second kappa shape index (κ2) is 8.39. The Hall–Kier alpha value is 0.0800. The fourth-order valence-electron chi connectivity index (χ4n) is 1.85. The van der Waals surface area contributed by atoms with Crippen LogP contribution in [-0.4, -0.2) is 49.5 Å². The number of alkyl halides is 6. The number of hydrogen-bond donors (Lipinski definition) is 1. The number of halogens is 8. The van der Waals surface area contributed by atoms with Gasteiger partial charge in [-0.15, -0.1) is 24.8 Å². The minimum Gasteiger partial charge on any atom is -0.314 e. The van der Waals surface area contributed by atoms with Crippen molar-refractivity contribution >= 4 is 24.8 Å². The first-order valence-corrected chi connectivity index (χ1v) is 5.28. The van der Waals surface area contributed by atoms with Crippen LogP contribution < -0.4 is 5.32 Å². The van der Waals surface area contributed by atoms with Crippen LogP contribution in [0.3, 0.4) is 0 Å². The van der Waals surface area contributed by atoms with Gasteiger partial charge in [0.15, 0.2) is 0 Å². The summed E-state index contributed by atoms with van der Waals surface area (Å²) in [5, 5.41) is 2.86. The van der Waals surface area contributed by atoms with Gasteiger partial charge in [-0.1, -0.05) is 0 Å². The molecule has 1 saturated heterocycles. The molecule has 19 heavy (non-hydrogen) atoms. The van der Waals surface area contributed by atoms with Crippen molar-refractivity contribution in [2.24, 2.45) is 0 Å². The molecule has 0 unspecified atom stereocenters. The lowest BCUT2D eigenvalue weighted by atomic mass is 10.1. The average molecular weight is 337 g/mol. The molecule has 2 nitrogen and oxygen atoms in total. The zero-order valence-electron chi connectivity index (χ0n) is 9.85. The van der Waals surface area contributed by atoms with E-state index < -0.39 is 31.2 Å². The predicted octanol–water partition coefficient (Wildman–Crippen LogP) is 3.01. The maximum atomic E-state index is 12.7. The number of rotatable bonds is 3. The van der Waals surface area contributed by atoms with Gasteiger partial charge < -0.3 is 5.32 Å². The van der Waals surface area contributed by atoms with Crippen molar-refractivity contribution in [1.82, 2.24) is 10.2 Å². The summed E-state index contributed by atoms with van der Waals surface area (Å²) in [7, 11) is 0. The van der Waals surface area contributed by atoms with Crippen molar-refractivity contribution in [3.8, 4) is 0 Å². The number of nitrogens with one attached hydrogen (secondary N) is 1. The molecule has 1 rings (SSSR count). The third-order valence-corrected chi connectivity index (χ3v) is 2.67. The van der Waals surface area contributed by atoms with E-state index in [2.05, 4.69) is 5.32 Å². The quantitative estimate of drug-likeness (QED) is 0.797. The Morgan fingerprint density at radius 2 is 1.42 bits per heavy atom. The number of nitrogens with zero attached hydrogens (tertiary/aromatic N) is 1. The van der Waals surface area contributed by atoms with Crippen LogP contribution >= 0.6 is 24.8 Å². The third kappa shape index (κ3) is 8.06. The molecule has 118 valence electrons. The highest BCUT2D eigenvalue weighted by Crippen LogP contribution is 2.32. The van der Waals surface area contributed by atoms with Crippen LogP contribution in [-0.2, 0) is 0 Å². The molecule has 0 aliphatic carbocycles. The lowest BCUT2D eigenvalue weighted by molar-refractivity contribution is -0.198.